The third-order valence-electron chi connectivity index (χ3n) is 3.81. The Hall–Kier alpha value is -1.90. The Morgan fingerprint density at radius 2 is 2.21 bits per heavy atom. The van der Waals surface area contributed by atoms with Gasteiger partial charge >= 0.3 is 6.18 Å². The lowest BCUT2D eigenvalue weighted by Gasteiger charge is -2.33. The van der Waals surface area contributed by atoms with Gasteiger partial charge in [0.2, 0.25) is 0 Å². The summed E-state index contributed by atoms with van der Waals surface area (Å²) in [5, 5.41) is 2.45. The number of halogens is 3. The van der Waals surface area contributed by atoms with Gasteiger partial charge in [-0.3, -0.25) is 0 Å². The second-order valence-electron chi connectivity index (χ2n) is 5.72. The Morgan fingerprint density at radius 1 is 1.38 bits per heavy atom. The molecule has 0 aromatic carbocycles. The Labute approximate surface area is 141 Å². The molecule has 1 fully saturated rings. The van der Waals surface area contributed by atoms with Gasteiger partial charge < -0.3 is 9.64 Å². The fraction of sp³-hybridized carbons (Fsp3) is 0.533. The molecular formula is C15H17F3N4OS. The van der Waals surface area contributed by atoms with Gasteiger partial charge in [-0.1, -0.05) is 11.3 Å². The molecule has 0 N–H and O–H groups in total. The van der Waals surface area contributed by atoms with Gasteiger partial charge in [0.15, 0.2) is 0 Å². The molecule has 24 heavy (non-hydrogen) atoms. The average Bonchev–Trinajstić information content (AvgIpc) is 3.05. The molecule has 5 nitrogen and oxygen atoms in total. The Balaban J connectivity index is 1.69. The van der Waals surface area contributed by atoms with Crippen LogP contribution < -0.4 is 9.64 Å². The lowest BCUT2D eigenvalue weighted by atomic mass is 9.99. The standard InChI is InChI=1S/C15H17F3N4OS/c1-10-20-12(15(16,17)18)7-13(21-10)22-5-2-3-11(8-22)9-23-14-19-4-6-24-14/h4,6-7,11H,2-3,5,8-9H2,1H3. The van der Waals surface area contributed by atoms with Crippen molar-refractivity contribution >= 4 is 17.2 Å². The largest absolute Gasteiger partial charge is 0.470 e. The first kappa shape index (κ1) is 16.9. The number of hydrogen-bond acceptors (Lipinski definition) is 6. The van der Waals surface area contributed by atoms with E-state index >= 15 is 0 Å². The molecule has 3 rings (SSSR count). The van der Waals surface area contributed by atoms with E-state index in [4.69, 9.17) is 4.74 Å². The van der Waals surface area contributed by atoms with Crippen LogP contribution in [0, 0.1) is 12.8 Å². The zero-order chi connectivity index (χ0) is 17.2. The number of piperidine rings is 1. The summed E-state index contributed by atoms with van der Waals surface area (Å²) in [4.78, 5) is 13.6. The maximum atomic E-state index is 12.9. The lowest BCUT2D eigenvalue weighted by molar-refractivity contribution is -0.141. The van der Waals surface area contributed by atoms with Crippen molar-refractivity contribution in [1.29, 1.82) is 0 Å². The van der Waals surface area contributed by atoms with Crippen molar-refractivity contribution in [3.63, 3.8) is 0 Å². The number of thiazole rings is 1. The molecular weight excluding hydrogens is 341 g/mol. The van der Waals surface area contributed by atoms with E-state index in [0.29, 0.717) is 30.7 Å². The molecule has 0 spiro atoms. The second kappa shape index (κ2) is 6.92. The fourth-order valence-corrected chi connectivity index (χ4v) is 3.24. The molecule has 3 heterocycles. The molecule has 0 amide bonds. The monoisotopic (exact) mass is 358 g/mol. The first-order chi connectivity index (χ1) is 11.4. The summed E-state index contributed by atoms with van der Waals surface area (Å²) in [5.74, 6) is 0.682. The van der Waals surface area contributed by atoms with E-state index in [1.54, 1.807) is 6.20 Å². The van der Waals surface area contributed by atoms with Crippen molar-refractivity contribution in [2.75, 3.05) is 24.6 Å². The van der Waals surface area contributed by atoms with Gasteiger partial charge in [0.05, 0.1) is 6.61 Å². The van der Waals surface area contributed by atoms with Gasteiger partial charge in [0.25, 0.3) is 5.19 Å². The van der Waals surface area contributed by atoms with Crippen molar-refractivity contribution in [3.05, 3.63) is 29.2 Å². The topological polar surface area (TPSA) is 51.1 Å². The highest BCUT2D eigenvalue weighted by Gasteiger charge is 2.34. The maximum Gasteiger partial charge on any atom is 0.433 e. The van der Waals surface area contributed by atoms with Crippen molar-refractivity contribution < 1.29 is 17.9 Å². The van der Waals surface area contributed by atoms with E-state index < -0.39 is 11.9 Å². The molecule has 0 radical (unpaired) electrons. The van der Waals surface area contributed by atoms with Crippen LogP contribution in [0.5, 0.6) is 5.19 Å². The summed E-state index contributed by atoms with van der Waals surface area (Å²) in [6, 6.07) is 1.02. The van der Waals surface area contributed by atoms with Gasteiger partial charge in [-0.25, -0.2) is 15.0 Å². The summed E-state index contributed by atoms with van der Waals surface area (Å²) in [6.45, 7) is 3.27. The van der Waals surface area contributed by atoms with Crippen LogP contribution in [0.1, 0.15) is 24.4 Å². The van der Waals surface area contributed by atoms with Crippen LogP contribution in [0.15, 0.2) is 17.6 Å². The molecule has 1 unspecified atom stereocenters. The highest BCUT2D eigenvalue weighted by molar-refractivity contribution is 7.11. The van der Waals surface area contributed by atoms with E-state index in [9.17, 15) is 13.2 Å². The molecule has 2 aromatic heterocycles. The predicted octanol–water partition coefficient (Wildman–Crippen LogP) is 3.56. The highest BCUT2D eigenvalue weighted by Crippen LogP contribution is 2.31. The van der Waals surface area contributed by atoms with Crippen molar-refractivity contribution in [3.8, 4) is 5.19 Å². The van der Waals surface area contributed by atoms with Gasteiger partial charge in [0.1, 0.15) is 17.3 Å². The minimum Gasteiger partial charge on any atom is -0.470 e. The first-order valence-corrected chi connectivity index (χ1v) is 8.50. The maximum absolute atomic E-state index is 12.9. The Bertz CT molecular complexity index is 678. The van der Waals surface area contributed by atoms with Crippen LogP contribution in [0.4, 0.5) is 19.0 Å². The Morgan fingerprint density at radius 3 is 2.92 bits per heavy atom. The van der Waals surface area contributed by atoms with Crippen LogP contribution >= 0.6 is 11.3 Å². The number of anilines is 1. The average molecular weight is 358 g/mol. The number of aryl methyl sites for hydroxylation is 1. The summed E-state index contributed by atoms with van der Waals surface area (Å²) >= 11 is 1.42. The first-order valence-electron chi connectivity index (χ1n) is 7.62. The van der Waals surface area contributed by atoms with E-state index in [-0.39, 0.29) is 11.7 Å². The van der Waals surface area contributed by atoms with Gasteiger partial charge in [-0.15, -0.1) is 0 Å². The number of alkyl halides is 3. The third kappa shape index (κ3) is 4.14. The summed E-state index contributed by atoms with van der Waals surface area (Å²) in [6.07, 6.45) is -0.935. The molecule has 0 saturated carbocycles. The van der Waals surface area contributed by atoms with E-state index in [2.05, 4.69) is 15.0 Å². The van der Waals surface area contributed by atoms with Gasteiger partial charge in [0, 0.05) is 36.7 Å². The number of ether oxygens (including phenoxy) is 1. The second-order valence-corrected chi connectivity index (χ2v) is 6.58. The number of nitrogens with zero attached hydrogens (tertiary/aromatic N) is 4. The molecule has 0 aliphatic carbocycles. The van der Waals surface area contributed by atoms with Crippen LogP contribution in [0.25, 0.3) is 0 Å². The zero-order valence-corrected chi connectivity index (χ0v) is 13.9. The molecule has 1 atom stereocenters. The van der Waals surface area contributed by atoms with Crippen molar-refractivity contribution in [2.24, 2.45) is 5.92 Å². The molecule has 2 aromatic rings. The fourth-order valence-electron chi connectivity index (χ4n) is 2.74. The van der Waals surface area contributed by atoms with Crippen LogP contribution in [0.2, 0.25) is 0 Å². The van der Waals surface area contributed by atoms with E-state index in [1.807, 2.05) is 10.3 Å². The van der Waals surface area contributed by atoms with Crippen molar-refractivity contribution in [2.45, 2.75) is 25.9 Å². The minimum absolute atomic E-state index is 0.126. The summed E-state index contributed by atoms with van der Waals surface area (Å²) in [7, 11) is 0. The normalized spacial score (nSPS) is 18.7. The van der Waals surface area contributed by atoms with E-state index in [0.717, 1.165) is 18.9 Å². The molecule has 1 saturated heterocycles. The summed E-state index contributed by atoms with van der Waals surface area (Å²) in [5.41, 5.74) is -0.897. The minimum atomic E-state index is -4.47. The highest BCUT2D eigenvalue weighted by atomic mass is 32.1. The molecule has 1 aliphatic rings. The Kier molecular flexibility index (Phi) is 4.88. The van der Waals surface area contributed by atoms with E-state index in [1.165, 1.54) is 18.3 Å². The van der Waals surface area contributed by atoms with Crippen molar-refractivity contribution in [1.82, 2.24) is 15.0 Å². The number of rotatable bonds is 4. The molecule has 9 heteroatoms. The SMILES string of the molecule is Cc1nc(N2CCCC(COc3nccs3)C2)cc(C(F)(F)F)n1. The summed E-state index contributed by atoms with van der Waals surface area (Å²) < 4.78 is 44.4. The predicted molar refractivity (Wildman–Crippen MR) is 84.3 cm³/mol. The molecule has 130 valence electrons. The molecule has 0 bridgehead atoms. The van der Waals surface area contributed by atoms with Gasteiger partial charge in [-0.2, -0.15) is 13.2 Å². The quantitative estimate of drug-likeness (QED) is 0.837. The number of hydrogen-bond donors (Lipinski definition) is 0. The smallest absolute Gasteiger partial charge is 0.433 e. The third-order valence-corrected chi connectivity index (χ3v) is 4.49. The van der Waals surface area contributed by atoms with Gasteiger partial charge in [-0.05, 0) is 19.8 Å². The number of aromatic nitrogens is 3. The van der Waals surface area contributed by atoms with Crippen LogP contribution in [-0.2, 0) is 6.18 Å². The zero-order valence-electron chi connectivity index (χ0n) is 13.1. The van der Waals surface area contributed by atoms with Crippen LogP contribution in [-0.4, -0.2) is 34.6 Å². The molecule has 1 aliphatic heterocycles. The van der Waals surface area contributed by atoms with Crippen LogP contribution in [0.3, 0.4) is 0 Å². The lowest BCUT2D eigenvalue weighted by Crippen LogP contribution is -2.38.